The maximum absolute atomic E-state index is 11.6. The Balaban J connectivity index is 1.78. The second-order valence-electron chi connectivity index (χ2n) is 4.42. The van der Waals surface area contributed by atoms with Gasteiger partial charge in [0.05, 0.1) is 6.54 Å². The van der Waals surface area contributed by atoms with E-state index >= 15 is 0 Å². The highest BCUT2D eigenvalue weighted by atomic mass is 16.2. The Morgan fingerprint density at radius 1 is 1.33 bits per heavy atom. The van der Waals surface area contributed by atoms with E-state index in [1.165, 1.54) is 6.20 Å². The molecule has 0 spiro atoms. The molecule has 1 heterocycles. The number of carbonyl (C=O) groups excluding carboxylic acids is 3. The number of pyridine rings is 1. The van der Waals surface area contributed by atoms with Gasteiger partial charge in [-0.1, -0.05) is 0 Å². The summed E-state index contributed by atoms with van der Waals surface area (Å²) in [6, 6.07) is 3.26. The standard InChI is InChI=1S/C13H14N2O3/c16-11(6-9-3-4-9)13(18)15-8-12(17)10-2-1-5-14-7-10/h1-2,5,7,9H,3-4,6,8H2,(H,15,18). The lowest BCUT2D eigenvalue weighted by Crippen LogP contribution is -2.35. The van der Waals surface area contributed by atoms with Crippen LogP contribution >= 0.6 is 0 Å². The molecule has 18 heavy (non-hydrogen) atoms. The van der Waals surface area contributed by atoms with Crippen LogP contribution in [-0.4, -0.2) is 29.0 Å². The molecule has 0 bridgehead atoms. The molecule has 1 saturated carbocycles. The fourth-order valence-corrected chi connectivity index (χ4v) is 1.57. The van der Waals surface area contributed by atoms with Gasteiger partial charge in [-0.3, -0.25) is 19.4 Å². The Hall–Kier alpha value is -2.04. The highest BCUT2D eigenvalue weighted by Crippen LogP contribution is 2.32. The summed E-state index contributed by atoms with van der Waals surface area (Å²) in [5.41, 5.74) is 0.424. The number of aromatic nitrogens is 1. The summed E-state index contributed by atoms with van der Waals surface area (Å²) in [6.45, 7) is -0.166. The first-order chi connectivity index (χ1) is 8.66. The smallest absolute Gasteiger partial charge is 0.287 e. The zero-order valence-electron chi connectivity index (χ0n) is 9.89. The van der Waals surface area contributed by atoms with Crippen molar-refractivity contribution in [2.45, 2.75) is 19.3 Å². The van der Waals surface area contributed by atoms with Gasteiger partial charge < -0.3 is 5.32 Å². The molecule has 1 amide bonds. The Bertz CT molecular complexity index is 466. The molecule has 1 N–H and O–H groups in total. The highest BCUT2D eigenvalue weighted by Gasteiger charge is 2.27. The van der Waals surface area contributed by atoms with Crippen molar-refractivity contribution in [2.75, 3.05) is 6.54 Å². The van der Waals surface area contributed by atoms with Gasteiger partial charge in [-0.15, -0.1) is 0 Å². The normalized spacial score (nSPS) is 14.0. The molecule has 5 nitrogen and oxygen atoms in total. The Labute approximate surface area is 105 Å². The second-order valence-corrected chi connectivity index (χ2v) is 4.42. The number of ketones is 2. The van der Waals surface area contributed by atoms with Crippen molar-refractivity contribution in [3.8, 4) is 0 Å². The van der Waals surface area contributed by atoms with Gasteiger partial charge in [-0.05, 0) is 30.9 Å². The van der Waals surface area contributed by atoms with E-state index in [4.69, 9.17) is 0 Å². The molecule has 2 rings (SSSR count). The van der Waals surface area contributed by atoms with Crippen LogP contribution in [0.4, 0.5) is 0 Å². The zero-order chi connectivity index (χ0) is 13.0. The van der Waals surface area contributed by atoms with Crippen LogP contribution < -0.4 is 5.32 Å². The quantitative estimate of drug-likeness (QED) is 0.593. The highest BCUT2D eigenvalue weighted by molar-refractivity contribution is 6.36. The average molecular weight is 246 g/mol. The predicted molar refractivity (Wildman–Crippen MR) is 63.9 cm³/mol. The van der Waals surface area contributed by atoms with Gasteiger partial charge in [0.15, 0.2) is 5.78 Å². The minimum Gasteiger partial charge on any atom is -0.342 e. The topological polar surface area (TPSA) is 76.1 Å². The van der Waals surface area contributed by atoms with E-state index in [1.54, 1.807) is 18.3 Å². The van der Waals surface area contributed by atoms with Crippen molar-refractivity contribution in [3.05, 3.63) is 30.1 Å². The first kappa shape index (κ1) is 12.4. The van der Waals surface area contributed by atoms with E-state index in [2.05, 4.69) is 10.3 Å². The van der Waals surface area contributed by atoms with Crippen LogP contribution in [-0.2, 0) is 9.59 Å². The lowest BCUT2D eigenvalue weighted by molar-refractivity contribution is -0.138. The molecule has 1 aromatic heterocycles. The Morgan fingerprint density at radius 2 is 2.11 bits per heavy atom. The van der Waals surface area contributed by atoms with Crippen molar-refractivity contribution in [1.29, 1.82) is 0 Å². The van der Waals surface area contributed by atoms with Crippen molar-refractivity contribution in [1.82, 2.24) is 10.3 Å². The molecule has 0 atom stereocenters. The van der Waals surface area contributed by atoms with E-state index < -0.39 is 11.7 Å². The maximum Gasteiger partial charge on any atom is 0.287 e. The number of hydrogen-bond acceptors (Lipinski definition) is 4. The van der Waals surface area contributed by atoms with Gasteiger partial charge >= 0.3 is 0 Å². The number of rotatable bonds is 6. The van der Waals surface area contributed by atoms with E-state index in [1.807, 2.05) is 0 Å². The molecule has 1 aromatic rings. The summed E-state index contributed by atoms with van der Waals surface area (Å²) in [6.07, 6.45) is 5.34. The molecule has 0 aliphatic heterocycles. The van der Waals surface area contributed by atoms with E-state index in [0.717, 1.165) is 12.8 Å². The van der Waals surface area contributed by atoms with Gasteiger partial charge in [0.1, 0.15) is 0 Å². The third kappa shape index (κ3) is 3.48. The summed E-state index contributed by atoms with van der Waals surface area (Å²) in [5, 5.41) is 2.35. The van der Waals surface area contributed by atoms with Crippen molar-refractivity contribution in [2.24, 2.45) is 5.92 Å². The Kier molecular flexibility index (Phi) is 3.82. The maximum atomic E-state index is 11.6. The molecule has 0 aromatic carbocycles. The monoisotopic (exact) mass is 246 g/mol. The second kappa shape index (κ2) is 5.53. The number of amides is 1. The molecule has 1 fully saturated rings. The van der Waals surface area contributed by atoms with Crippen LogP contribution in [0.25, 0.3) is 0 Å². The first-order valence-electron chi connectivity index (χ1n) is 5.91. The molecular formula is C13H14N2O3. The summed E-state index contributed by atoms with van der Waals surface area (Å²) in [7, 11) is 0. The van der Waals surface area contributed by atoms with Gasteiger partial charge in [-0.25, -0.2) is 0 Å². The largest absolute Gasteiger partial charge is 0.342 e. The van der Waals surface area contributed by atoms with E-state index in [9.17, 15) is 14.4 Å². The SMILES string of the molecule is O=C(CC1CC1)C(=O)NCC(=O)c1cccnc1. The van der Waals surface area contributed by atoms with Crippen LogP contribution in [0.5, 0.6) is 0 Å². The van der Waals surface area contributed by atoms with Crippen LogP contribution in [0.1, 0.15) is 29.6 Å². The third-order valence-corrected chi connectivity index (χ3v) is 2.82. The number of carbonyl (C=O) groups is 3. The lowest BCUT2D eigenvalue weighted by Gasteiger charge is -2.03. The summed E-state index contributed by atoms with van der Waals surface area (Å²) in [5.74, 6) is -0.983. The molecule has 1 aliphatic rings. The number of hydrogen-bond donors (Lipinski definition) is 1. The zero-order valence-corrected chi connectivity index (χ0v) is 9.89. The van der Waals surface area contributed by atoms with Crippen LogP contribution in [0.2, 0.25) is 0 Å². The minimum absolute atomic E-state index is 0.166. The fraction of sp³-hybridized carbons (Fsp3) is 0.385. The lowest BCUT2D eigenvalue weighted by atomic mass is 10.1. The molecule has 0 saturated heterocycles. The number of nitrogens with one attached hydrogen (secondary N) is 1. The van der Waals surface area contributed by atoms with Crippen LogP contribution in [0, 0.1) is 5.92 Å². The molecule has 1 aliphatic carbocycles. The van der Waals surface area contributed by atoms with Crippen LogP contribution in [0.15, 0.2) is 24.5 Å². The van der Waals surface area contributed by atoms with Gasteiger partial charge in [0.2, 0.25) is 5.78 Å². The van der Waals surface area contributed by atoms with Crippen molar-refractivity contribution in [3.63, 3.8) is 0 Å². The van der Waals surface area contributed by atoms with E-state index in [-0.39, 0.29) is 12.3 Å². The molecular weight excluding hydrogens is 232 g/mol. The predicted octanol–water partition coefficient (Wildman–Crippen LogP) is 0.750. The number of Topliss-reactive ketones (excluding diaryl/α,β-unsaturated/α-hetero) is 2. The first-order valence-corrected chi connectivity index (χ1v) is 5.91. The molecule has 0 radical (unpaired) electrons. The third-order valence-electron chi connectivity index (χ3n) is 2.82. The van der Waals surface area contributed by atoms with Gasteiger partial charge in [0.25, 0.3) is 5.91 Å². The van der Waals surface area contributed by atoms with Crippen molar-refractivity contribution < 1.29 is 14.4 Å². The van der Waals surface area contributed by atoms with E-state index in [0.29, 0.717) is 17.9 Å². The molecule has 5 heteroatoms. The Morgan fingerprint density at radius 3 is 2.72 bits per heavy atom. The van der Waals surface area contributed by atoms with Crippen LogP contribution in [0.3, 0.4) is 0 Å². The molecule has 94 valence electrons. The van der Waals surface area contributed by atoms with Gasteiger partial charge in [0, 0.05) is 24.4 Å². The number of nitrogens with zero attached hydrogens (tertiary/aromatic N) is 1. The fourth-order valence-electron chi connectivity index (χ4n) is 1.57. The summed E-state index contributed by atoms with van der Waals surface area (Å²) in [4.78, 5) is 38.3. The van der Waals surface area contributed by atoms with Gasteiger partial charge in [-0.2, -0.15) is 0 Å². The minimum atomic E-state index is -0.667. The molecule has 0 unspecified atom stereocenters. The summed E-state index contributed by atoms with van der Waals surface area (Å²) >= 11 is 0. The summed E-state index contributed by atoms with van der Waals surface area (Å²) < 4.78 is 0. The van der Waals surface area contributed by atoms with Crippen molar-refractivity contribution >= 4 is 17.5 Å². The average Bonchev–Trinajstić information content (AvgIpc) is 3.20.